The zero-order valence-electron chi connectivity index (χ0n) is 12.9. The lowest BCUT2D eigenvalue weighted by Crippen LogP contribution is -2.12. The van der Waals surface area contributed by atoms with E-state index in [2.05, 4.69) is 10.1 Å². The maximum atomic E-state index is 11.8. The van der Waals surface area contributed by atoms with E-state index in [0.29, 0.717) is 17.2 Å². The van der Waals surface area contributed by atoms with Crippen molar-refractivity contribution in [3.05, 3.63) is 58.1 Å². The van der Waals surface area contributed by atoms with Crippen LogP contribution in [0.2, 0.25) is 0 Å². The molecule has 2 aromatic rings. The summed E-state index contributed by atoms with van der Waals surface area (Å²) in [5, 5.41) is 13.2. The lowest BCUT2D eigenvalue weighted by molar-refractivity contribution is -0.384. The number of nitrogens with one attached hydrogen (secondary N) is 1. The Morgan fingerprint density at radius 3 is 2.25 bits per heavy atom. The molecule has 0 aliphatic heterocycles. The number of non-ortho nitro benzene ring substituents is 1. The smallest absolute Gasteiger partial charge is 0.340 e. The lowest BCUT2D eigenvalue weighted by Gasteiger charge is -2.11. The van der Waals surface area contributed by atoms with Crippen LogP contribution < -0.4 is 10.1 Å². The second kappa shape index (κ2) is 7.23. The molecule has 1 N–H and O–H groups in total. The Bertz CT molecular complexity index is 786. The van der Waals surface area contributed by atoms with Crippen molar-refractivity contribution in [2.45, 2.75) is 6.92 Å². The number of methoxy groups -OCH3 is 1. The summed E-state index contributed by atoms with van der Waals surface area (Å²) >= 11 is 0. The summed E-state index contributed by atoms with van der Waals surface area (Å²) in [6, 6.07) is 9.98. The van der Waals surface area contributed by atoms with E-state index in [1.807, 2.05) is 0 Å². The third-order valence-electron chi connectivity index (χ3n) is 2.99. The van der Waals surface area contributed by atoms with E-state index in [4.69, 9.17) is 4.74 Å². The number of amides is 1. The summed E-state index contributed by atoms with van der Waals surface area (Å²) in [6.45, 7) is 1.32. The van der Waals surface area contributed by atoms with E-state index in [9.17, 15) is 19.7 Å². The number of ether oxygens (including phenoxy) is 2. The number of rotatable bonds is 5. The molecule has 0 atom stereocenters. The summed E-state index contributed by atoms with van der Waals surface area (Å²) < 4.78 is 10.3. The monoisotopic (exact) mass is 330 g/mol. The van der Waals surface area contributed by atoms with Crippen LogP contribution in [-0.2, 0) is 9.53 Å². The van der Waals surface area contributed by atoms with Crippen LogP contribution in [0.15, 0.2) is 42.5 Å². The van der Waals surface area contributed by atoms with Gasteiger partial charge in [-0.1, -0.05) is 0 Å². The number of anilines is 1. The highest BCUT2D eigenvalue weighted by molar-refractivity contribution is 6.01. The number of esters is 1. The number of carbonyl (C=O) groups is 2. The zero-order valence-corrected chi connectivity index (χ0v) is 12.9. The fourth-order valence-electron chi connectivity index (χ4n) is 1.94. The second-order valence-electron chi connectivity index (χ2n) is 4.73. The molecule has 0 bridgehead atoms. The molecule has 0 radical (unpaired) electrons. The van der Waals surface area contributed by atoms with Crippen LogP contribution in [0.5, 0.6) is 11.5 Å². The van der Waals surface area contributed by atoms with E-state index >= 15 is 0 Å². The van der Waals surface area contributed by atoms with Crippen LogP contribution in [0.1, 0.15) is 17.3 Å². The summed E-state index contributed by atoms with van der Waals surface area (Å²) in [5.41, 5.74) is 0.371. The van der Waals surface area contributed by atoms with Crippen molar-refractivity contribution in [3.8, 4) is 11.5 Å². The quantitative estimate of drug-likeness (QED) is 0.512. The largest absolute Gasteiger partial charge is 0.465 e. The lowest BCUT2D eigenvalue weighted by atomic mass is 10.1. The topological polar surface area (TPSA) is 108 Å². The molecular formula is C16H14N2O6. The second-order valence-corrected chi connectivity index (χ2v) is 4.73. The van der Waals surface area contributed by atoms with Crippen LogP contribution in [0, 0.1) is 10.1 Å². The minimum absolute atomic E-state index is 0.0568. The van der Waals surface area contributed by atoms with Crippen molar-refractivity contribution in [1.82, 2.24) is 0 Å². The molecule has 0 saturated carbocycles. The summed E-state index contributed by atoms with van der Waals surface area (Å²) in [7, 11) is 1.23. The highest BCUT2D eigenvalue weighted by Crippen LogP contribution is 2.28. The van der Waals surface area contributed by atoms with Gasteiger partial charge in [0.2, 0.25) is 5.91 Å². The molecular weight excluding hydrogens is 316 g/mol. The van der Waals surface area contributed by atoms with Gasteiger partial charge in [0.05, 0.1) is 23.3 Å². The van der Waals surface area contributed by atoms with Crippen molar-refractivity contribution < 1.29 is 24.0 Å². The summed E-state index contributed by atoms with van der Waals surface area (Å²) in [6.07, 6.45) is 0. The molecule has 124 valence electrons. The van der Waals surface area contributed by atoms with E-state index in [0.717, 1.165) is 0 Å². The van der Waals surface area contributed by atoms with Gasteiger partial charge in [0.1, 0.15) is 11.5 Å². The van der Waals surface area contributed by atoms with Gasteiger partial charge in [0, 0.05) is 19.1 Å². The van der Waals surface area contributed by atoms with Gasteiger partial charge >= 0.3 is 5.97 Å². The van der Waals surface area contributed by atoms with Crippen molar-refractivity contribution in [2.75, 3.05) is 12.4 Å². The van der Waals surface area contributed by atoms with Gasteiger partial charge in [-0.3, -0.25) is 14.9 Å². The minimum Gasteiger partial charge on any atom is -0.465 e. The predicted molar refractivity (Wildman–Crippen MR) is 85.3 cm³/mol. The van der Waals surface area contributed by atoms with Gasteiger partial charge in [-0.25, -0.2) is 4.79 Å². The van der Waals surface area contributed by atoms with Crippen LogP contribution in [0.3, 0.4) is 0 Å². The molecule has 1 amide bonds. The Morgan fingerprint density at radius 1 is 1.08 bits per heavy atom. The minimum atomic E-state index is -0.632. The standard InChI is InChI=1S/C16H14N2O6/c1-10(19)17-15-8-7-13(9-14(15)16(20)23-2)24-12-5-3-11(4-6-12)18(21)22/h3-9H,1-2H3,(H,17,19). The van der Waals surface area contributed by atoms with E-state index < -0.39 is 10.9 Å². The average Bonchev–Trinajstić information content (AvgIpc) is 2.55. The molecule has 8 nitrogen and oxygen atoms in total. The average molecular weight is 330 g/mol. The molecule has 0 aromatic heterocycles. The Labute approximate surface area is 137 Å². The fourth-order valence-corrected chi connectivity index (χ4v) is 1.94. The third-order valence-corrected chi connectivity index (χ3v) is 2.99. The highest BCUT2D eigenvalue weighted by Gasteiger charge is 2.15. The first-order chi connectivity index (χ1) is 11.4. The van der Waals surface area contributed by atoms with Crippen LogP contribution >= 0.6 is 0 Å². The molecule has 0 heterocycles. The number of carbonyl (C=O) groups excluding carboxylic acids is 2. The van der Waals surface area contributed by atoms with Gasteiger partial charge in [-0.05, 0) is 30.3 Å². The first-order valence-electron chi connectivity index (χ1n) is 6.83. The molecule has 0 aliphatic carbocycles. The number of nitro benzene ring substituents is 1. The van der Waals surface area contributed by atoms with Crippen molar-refractivity contribution in [3.63, 3.8) is 0 Å². The van der Waals surface area contributed by atoms with Gasteiger partial charge in [0.15, 0.2) is 0 Å². The van der Waals surface area contributed by atoms with Crippen molar-refractivity contribution in [2.24, 2.45) is 0 Å². The van der Waals surface area contributed by atoms with Gasteiger partial charge < -0.3 is 14.8 Å². The van der Waals surface area contributed by atoms with E-state index in [-0.39, 0.29) is 17.2 Å². The first kappa shape index (κ1) is 16.9. The highest BCUT2D eigenvalue weighted by atomic mass is 16.6. The Kier molecular flexibility index (Phi) is 5.10. The van der Waals surface area contributed by atoms with Crippen LogP contribution in [0.4, 0.5) is 11.4 Å². The maximum absolute atomic E-state index is 11.8. The molecule has 2 aromatic carbocycles. The molecule has 8 heteroatoms. The van der Waals surface area contributed by atoms with Crippen LogP contribution in [0.25, 0.3) is 0 Å². The Morgan fingerprint density at radius 2 is 1.71 bits per heavy atom. The molecule has 24 heavy (non-hydrogen) atoms. The van der Waals surface area contributed by atoms with Crippen molar-refractivity contribution >= 4 is 23.3 Å². The number of nitrogens with zero attached hydrogens (tertiary/aromatic N) is 1. The molecule has 2 rings (SSSR count). The van der Waals surface area contributed by atoms with Gasteiger partial charge in [-0.15, -0.1) is 0 Å². The summed E-state index contributed by atoms with van der Waals surface area (Å²) in [4.78, 5) is 33.1. The molecule has 0 unspecified atom stereocenters. The van der Waals surface area contributed by atoms with E-state index in [1.54, 1.807) is 6.07 Å². The molecule has 0 aliphatic rings. The Balaban J connectivity index is 2.28. The number of hydrogen-bond donors (Lipinski definition) is 1. The fraction of sp³-hybridized carbons (Fsp3) is 0.125. The number of hydrogen-bond acceptors (Lipinski definition) is 6. The predicted octanol–water partition coefficient (Wildman–Crippen LogP) is 3.13. The molecule has 0 spiro atoms. The maximum Gasteiger partial charge on any atom is 0.340 e. The SMILES string of the molecule is COC(=O)c1cc(Oc2ccc([N+](=O)[O-])cc2)ccc1NC(C)=O. The first-order valence-corrected chi connectivity index (χ1v) is 6.83. The normalized spacial score (nSPS) is 9.92. The third kappa shape index (κ3) is 4.07. The Hall–Kier alpha value is -3.42. The van der Waals surface area contributed by atoms with Crippen molar-refractivity contribution in [1.29, 1.82) is 0 Å². The van der Waals surface area contributed by atoms with Gasteiger partial charge in [0.25, 0.3) is 5.69 Å². The molecule has 0 saturated heterocycles. The number of benzene rings is 2. The number of nitro groups is 1. The van der Waals surface area contributed by atoms with E-state index in [1.165, 1.54) is 50.4 Å². The van der Waals surface area contributed by atoms with Crippen LogP contribution in [-0.4, -0.2) is 23.9 Å². The van der Waals surface area contributed by atoms with Gasteiger partial charge in [-0.2, -0.15) is 0 Å². The molecule has 0 fully saturated rings. The summed E-state index contributed by atoms with van der Waals surface area (Å²) in [5.74, 6) is -0.279. The zero-order chi connectivity index (χ0) is 17.7.